The number of rotatable bonds is 2. The van der Waals surface area contributed by atoms with Gasteiger partial charge in [0, 0.05) is 6.08 Å². The Morgan fingerprint density at radius 2 is 1.85 bits per heavy atom. The van der Waals surface area contributed by atoms with Crippen LogP contribution in [-0.4, -0.2) is 11.6 Å². The van der Waals surface area contributed by atoms with E-state index < -0.39 is 0 Å². The maximum Gasteiger partial charge on any atom is 0.255 e. The lowest BCUT2D eigenvalue weighted by molar-refractivity contribution is 0.366. The topological polar surface area (TPSA) is 66.2 Å². The Hall–Kier alpha value is -2.36. The molecule has 0 spiro atoms. The Kier molecular flexibility index (Phi) is 3.37. The first-order chi connectivity index (χ1) is 9.74. The van der Waals surface area contributed by atoms with Gasteiger partial charge in [-0.15, -0.1) is 0 Å². The van der Waals surface area contributed by atoms with Gasteiger partial charge >= 0.3 is 0 Å². The largest absolute Gasteiger partial charge is 0.448 e. The third-order valence-corrected chi connectivity index (χ3v) is 3.42. The summed E-state index contributed by atoms with van der Waals surface area (Å²) in [5, 5.41) is 16.0. The quantitative estimate of drug-likeness (QED) is 0.800. The Morgan fingerprint density at radius 1 is 1.10 bits per heavy atom. The fourth-order valence-corrected chi connectivity index (χ4v) is 2.35. The van der Waals surface area contributed by atoms with Gasteiger partial charge in [-0.1, -0.05) is 18.2 Å². The van der Waals surface area contributed by atoms with Crippen LogP contribution in [0.4, 0.5) is 0 Å². The van der Waals surface area contributed by atoms with Gasteiger partial charge in [0.25, 0.3) is 5.90 Å². The van der Waals surface area contributed by atoms with Crippen LogP contribution in [0.25, 0.3) is 0 Å². The number of ether oxygens (including phenoxy) is 2. The molecular formula is C16H16N2O2. The van der Waals surface area contributed by atoms with Crippen LogP contribution in [0.1, 0.15) is 25.7 Å². The molecule has 2 aliphatic rings. The minimum Gasteiger partial charge on any atom is -0.448 e. The summed E-state index contributed by atoms with van der Waals surface area (Å²) in [7, 11) is 0. The van der Waals surface area contributed by atoms with Crippen LogP contribution in [0.2, 0.25) is 0 Å². The average molecular weight is 268 g/mol. The first-order valence-corrected chi connectivity index (χ1v) is 6.77. The predicted octanol–water partition coefficient (Wildman–Crippen LogP) is 3.84. The molecule has 3 rings (SSSR count). The number of para-hydroxylation sites is 2. The van der Waals surface area contributed by atoms with Crippen molar-refractivity contribution in [3.05, 3.63) is 47.7 Å². The lowest BCUT2D eigenvalue weighted by Crippen LogP contribution is -2.21. The van der Waals surface area contributed by atoms with Crippen molar-refractivity contribution in [1.29, 1.82) is 10.8 Å². The van der Waals surface area contributed by atoms with E-state index in [-0.39, 0.29) is 5.90 Å². The van der Waals surface area contributed by atoms with Crippen LogP contribution in [0.5, 0.6) is 11.5 Å². The highest BCUT2D eigenvalue weighted by Gasteiger charge is 2.22. The second-order valence-corrected chi connectivity index (χ2v) is 4.88. The highest BCUT2D eigenvalue weighted by atomic mass is 16.6. The minimum atomic E-state index is -0.0511. The van der Waals surface area contributed by atoms with Gasteiger partial charge in [-0.05, 0) is 43.4 Å². The van der Waals surface area contributed by atoms with Crippen molar-refractivity contribution in [2.45, 2.75) is 25.7 Å². The van der Waals surface area contributed by atoms with Crippen molar-refractivity contribution in [1.82, 2.24) is 0 Å². The summed E-state index contributed by atoms with van der Waals surface area (Å²) >= 11 is 0. The molecule has 4 nitrogen and oxygen atoms in total. The molecule has 102 valence electrons. The van der Waals surface area contributed by atoms with Crippen molar-refractivity contribution in [3.8, 4) is 11.5 Å². The smallest absolute Gasteiger partial charge is 0.255 e. The third-order valence-electron chi connectivity index (χ3n) is 3.42. The monoisotopic (exact) mass is 268 g/mol. The summed E-state index contributed by atoms with van der Waals surface area (Å²) in [5.74, 6) is 1.36. The van der Waals surface area contributed by atoms with Crippen molar-refractivity contribution >= 4 is 11.6 Å². The van der Waals surface area contributed by atoms with Gasteiger partial charge < -0.3 is 14.9 Å². The van der Waals surface area contributed by atoms with E-state index in [1.165, 1.54) is 6.42 Å². The predicted molar refractivity (Wildman–Crippen MR) is 77.8 cm³/mol. The van der Waals surface area contributed by atoms with Crippen LogP contribution < -0.4 is 9.47 Å². The lowest BCUT2D eigenvalue weighted by atomic mass is 9.95. The van der Waals surface area contributed by atoms with E-state index in [0.717, 1.165) is 24.8 Å². The van der Waals surface area contributed by atoms with Gasteiger partial charge in [0.05, 0.1) is 5.71 Å². The zero-order chi connectivity index (χ0) is 13.9. The Morgan fingerprint density at radius 3 is 2.55 bits per heavy atom. The molecule has 2 N–H and O–H groups in total. The summed E-state index contributed by atoms with van der Waals surface area (Å²) in [6, 6.07) is 7.23. The zero-order valence-corrected chi connectivity index (χ0v) is 11.1. The standard InChI is InChI=1S/C16H16N2O2/c17-12(11-6-2-1-3-7-11)10-15-16(18)20-14-9-5-4-8-13(14)19-15/h4-6,8-10,17-18H,1-3,7H2/b15-10+,17-12?,18-16?. The number of hydrogen-bond donors (Lipinski definition) is 2. The second kappa shape index (κ2) is 5.33. The summed E-state index contributed by atoms with van der Waals surface area (Å²) in [6.45, 7) is 0. The summed E-state index contributed by atoms with van der Waals surface area (Å²) in [6.07, 6.45) is 7.94. The average Bonchev–Trinajstić information content (AvgIpc) is 2.49. The molecule has 1 aliphatic heterocycles. The van der Waals surface area contributed by atoms with E-state index >= 15 is 0 Å². The minimum absolute atomic E-state index is 0.0511. The van der Waals surface area contributed by atoms with Crippen molar-refractivity contribution in [2.24, 2.45) is 0 Å². The van der Waals surface area contributed by atoms with Crippen LogP contribution in [-0.2, 0) is 0 Å². The number of hydrogen-bond acceptors (Lipinski definition) is 4. The first kappa shape index (κ1) is 12.7. The van der Waals surface area contributed by atoms with Gasteiger partial charge in [0.15, 0.2) is 17.3 Å². The van der Waals surface area contributed by atoms with Gasteiger partial charge in [0.1, 0.15) is 0 Å². The Balaban J connectivity index is 1.84. The normalized spacial score (nSPS) is 19.7. The molecule has 0 fully saturated rings. The van der Waals surface area contributed by atoms with Crippen LogP contribution in [0.3, 0.4) is 0 Å². The van der Waals surface area contributed by atoms with E-state index in [4.69, 9.17) is 20.3 Å². The molecule has 1 aromatic carbocycles. The first-order valence-electron chi connectivity index (χ1n) is 6.77. The molecule has 1 aliphatic carbocycles. The molecular weight excluding hydrogens is 252 g/mol. The molecule has 0 bridgehead atoms. The maximum absolute atomic E-state index is 8.12. The van der Waals surface area contributed by atoms with Gasteiger partial charge in [-0.2, -0.15) is 0 Å². The molecule has 4 heteroatoms. The number of fused-ring (bicyclic) bond motifs is 1. The highest BCUT2D eigenvalue weighted by molar-refractivity contribution is 6.10. The van der Waals surface area contributed by atoms with E-state index in [1.54, 1.807) is 18.2 Å². The third kappa shape index (κ3) is 2.50. The van der Waals surface area contributed by atoms with E-state index in [0.29, 0.717) is 23.0 Å². The van der Waals surface area contributed by atoms with E-state index in [2.05, 4.69) is 6.08 Å². The van der Waals surface area contributed by atoms with Crippen molar-refractivity contribution < 1.29 is 9.47 Å². The molecule has 0 aromatic heterocycles. The van der Waals surface area contributed by atoms with E-state index in [1.807, 2.05) is 12.1 Å². The maximum atomic E-state index is 8.12. The fourth-order valence-electron chi connectivity index (χ4n) is 2.35. The van der Waals surface area contributed by atoms with E-state index in [9.17, 15) is 0 Å². The fraction of sp³-hybridized carbons (Fsp3) is 0.250. The van der Waals surface area contributed by atoms with Crippen LogP contribution in [0, 0.1) is 10.8 Å². The highest BCUT2D eigenvalue weighted by Crippen LogP contribution is 2.33. The molecule has 0 atom stereocenters. The molecule has 20 heavy (non-hydrogen) atoms. The summed E-state index contributed by atoms with van der Waals surface area (Å²) in [5.41, 5.74) is 1.44. The molecule has 0 saturated carbocycles. The zero-order valence-electron chi connectivity index (χ0n) is 11.1. The summed E-state index contributed by atoms with van der Waals surface area (Å²) in [4.78, 5) is 0. The van der Waals surface area contributed by atoms with Crippen LogP contribution >= 0.6 is 0 Å². The lowest BCUT2D eigenvalue weighted by Gasteiger charge is -2.20. The molecule has 0 amide bonds. The molecule has 1 aromatic rings. The number of allylic oxidation sites excluding steroid dienone is 3. The Bertz CT molecular complexity index is 629. The number of nitrogens with one attached hydrogen (secondary N) is 2. The van der Waals surface area contributed by atoms with Gasteiger partial charge in [0.2, 0.25) is 0 Å². The Labute approximate surface area is 117 Å². The van der Waals surface area contributed by atoms with Gasteiger partial charge in [-0.3, -0.25) is 5.41 Å². The number of benzene rings is 1. The van der Waals surface area contributed by atoms with Crippen molar-refractivity contribution in [3.63, 3.8) is 0 Å². The molecule has 0 unspecified atom stereocenters. The SMILES string of the molecule is N=C(/C=C1/Oc2ccccc2OC1=N)C1=CCCCC1. The molecule has 0 saturated heterocycles. The second-order valence-electron chi connectivity index (χ2n) is 4.88. The van der Waals surface area contributed by atoms with Crippen LogP contribution in [0.15, 0.2) is 47.7 Å². The van der Waals surface area contributed by atoms with Gasteiger partial charge in [-0.25, -0.2) is 0 Å². The van der Waals surface area contributed by atoms with Crippen molar-refractivity contribution in [2.75, 3.05) is 0 Å². The molecule has 1 heterocycles. The summed E-state index contributed by atoms with van der Waals surface area (Å²) < 4.78 is 11.1. The molecule has 0 radical (unpaired) electrons.